The maximum Gasteiger partial charge on any atom is 0.449 e. The van der Waals surface area contributed by atoms with Gasteiger partial charge in [-0.1, -0.05) is 53.6 Å². The van der Waals surface area contributed by atoms with Crippen LogP contribution in [0.25, 0.3) is 0 Å². The monoisotopic (exact) mass is 408 g/mol. The van der Waals surface area contributed by atoms with Crippen LogP contribution in [-0.4, -0.2) is 11.8 Å². The molecular weight excluding hydrogens is 387 g/mol. The summed E-state index contributed by atoms with van der Waals surface area (Å²) in [5.41, 5.74) is 2.37. The minimum atomic E-state index is -4.11. The zero-order valence-electron chi connectivity index (χ0n) is 16.1. The van der Waals surface area contributed by atoms with Crippen molar-refractivity contribution in [3.63, 3.8) is 0 Å². The second-order valence-electron chi connectivity index (χ2n) is 6.58. The van der Waals surface area contributed by atoms with Gasteiger partial charge >= 0.3 is 7.67 Å². The third-order valence-electron chi connectivity index (χ3n) is 4.04. The number of carbonyl (C=O) groups excluding carboxylic acids is 2. The standard InChI is InChI=1S/C22H21N2O4P/c1-16-8-6-10-18(14-16)21(25)23-29(27,28-20-12-4-3-5-13-20)24-22(26)19-11-7-9-17(2)15-19/h3-15H,1-2H3,(H2,23,24,25,26,27). The highest BCUT2D eigenvalue weighted by atomic mass is 31.2. The molecule has 7 heteroatoms. The average molecular weight is 408 g/mol. The van der Waals surface area contributed by atoms with E-state index in [0.29, 0.717) is 11.1 Å². The van der Waals surface area contributed by atoms with Crippen molar-refractivity contribution in [1.82, 2.24) is 10.2 Å². The summed E-state index contributed by atoms with van der Waals surface area (Å²) in [6.07, 6.45) is 0. The lowest BCUT2D eigenvalue weighted by molar-refractivity contribution is 0.0968. The molecule has 0 unspecified atom stereocenters. The lowest BCUT2D eigenvalue weighted by atomic mass is 10.1. The molecule has 0 aliphatic heterocycles. The van der Waals surface area contributed by atoms with E-state index in [1.165, 1.54) is 0 Å². The van der Waals surface area contributed by atoms with Crippen molar-refractivity contribution in [2.24, 2.45) is 0 Å². The number of amides is 2. The summed E-state index contributed by atoms with van der Waals surface area (Å²) in [7, 11) is -4.11. The maximum absolute atomic E-state index is 13.4. The Kier molecular flexibility index (Phi) is 6.15. The van der Waals surface area contributed by atoms with Gasteiger partial charge < -0.3 is 4.52 Å². The van der Waals surface area contributed by atoms with Crippen molar-refractivity contribution in [3.8, 4) is 5.75 Å². The van der Waals surface area contributed by atoms with Gasteiger partial charge in [0.25, 0.3) is 11.8 Å². The van der Waals surface area contributed by atoms with Gasteiger partial charge in [-0.25, -0.2) is 4.57 Å². The van der Waals surface area contributed by atoms with E-state index in [0.717, 1.165) is 11.1 Å². The van der Waals surface area contributed by atoms with E-state index in [9.17, 15) is 14.2 Å². The van der Waals surface area contributed by atoms with Crippen LogP contribution in [0.15, 0.2) is 78.9 Å². The molecular formula is C22H21N2O4P. The Balaban J connectivity index is 1.87. The van der Waals surface area contributed by atoms with Crippen molar-refractivity contribution >= 4 is 19.5 Å². The van der Waals surface area contributed by atoms with E-state index in [2.05, 4.69) is 10.2 Å². The Morgan fingerprint density at radius 3 is 1.66 bits per heavy atom. The molecule has 29 heavy (non-hydrogen) atoms. The molecule has 3 aromatic carbocycles. The molecule has 0 radical (unpaired) electrons. The highest BCUT2D eigenvalue weighted by molar-refractivity contribution is 7.56. The number of benzene rings is 3. The fourth-order valence-corrected chi connectivity index (χ4v) is 4.03. The predicted molar refractivity (Wildman–Crippen MR) is 112 cm³/mol. The predicted octanol–water partition coefficient (Wildman–Crippen LogP) is 4.65. The Bertz CT molecular complexity index is 1020. The van der Waals surface area contributed by atoms with Crippen molar-refractivity contribution in [2.45, 2.75) is 13.8 Å². The quantitative estimate of drug-likeness (QED) is 0.582. The number of nitrogens with one attached hydrogen (secondary N) is 2. The van der Waals surface area contributed by atoms with Gasteiger partial charge in [0.05, 0.1) is 0 Å². The molecule has 0 aliphatic carbocycles. The molecule has 0 aliphatic rings. The van der Waals surface area contributed by atoms with E-state index in [4.69, 9.17) is 4.52 Å². The minimum Gasteiger partial charge on any atom is -0.414 e. The van der Waals surface area contributed by atoms with Gasteiger partial charge in [-0.15, -0.1) is 0 Å². The molecule has 0 atom stereocenters. The van der Waals surface area contributed by atoms with Crippen LogP contribution >= 0.6 is 7.67 Å². The molecule has 2 N–H and O–H groups in total. The molecule has 0 spiro atoms. The van der Waals surface area contributed by atoms with Crippen LogP contribution < -0.4 is 14.7 Å². The van der Waals surface area contributed by atoms with Crippen molar-refractivity contribution < 1.29 is 18.7 Å². The summed E-state index contributed by atoms with van der Waals surface area (Å²) in [5.74, 6) is -0.972. The lowest BCUT2D eigenvalue weighted by Gasteiger charge is -2.21. The molecule has 0 saturated carbocycles. The van der Waals surface area contributed by atoms with Crippen molar-refractivity contribution in [2.75, 3.05) is 0 Å². The summed E-state index contributed by atoms with van der Waals surface area (Å²) in [4.78, 5) is 25.3. The highest BCUT2D eigenvalue weighted by Crippen LogP contribution is 2.39. The molecule has 3 rings (SSSR count). The van der Waals surface area contributed by atoms with Crippen LogP contribution in [0.2, 0.25) is 0 Å². The molecule has 148 valence electrons. The highest BCUT2D eigenvalue weighted by Gasteiger charge is 2.31. The number of rotatable bonds is 6. The molecule has 3 aromatic rings. The molecule has 0 heterocycles. The SMILES string of the molecule is Cc1cccc(C(=O)NP(=O)(NC(=O)c2cccc(C)c2)Oc2ccccc2)c1. The topological polar surface area (TPSA) is 84.5 Å². The summed E-state index contributed by atoms with van der Waals surface area (Å²) in [6.45, 7) is 3.69. The third kappa shape index (κ3) is 5.56. The normalized spacial score (nSPS) is 10.8. The smallest absolute Gasteiger partial charge is 0.414 e. The molecule has 0 fully saturated rings. The molecule has 0 aromatic heterocycles. The van der Waals surface area contributed by atoms with Crippen molar-refractivity contribution in [1.29, 1.82) is 0 Å². The molecule has 0 saturated heterocycles. The largest absolute Gasteiger partial charge is 0.449 e. The fraction of sp³-hybridized carbons (Fsp3) is 0.0909. The van der Waals surface area contributed by atoms with Crippen LogP contribution in [-0.2, 0) is 4.57 Å². The van der Waals surface area contributed by atoms with E-state index in [1.54, 1.807) is 66.7 Å². The second kappa shape index (κ2) is 8.76. The number of aryl methyl sites for hydroxylation is 2. The van der Waals surface area contributed by atoms with Gasteiger partial charge in [-0.2, -0.15) is 0 Å². The van der Waals surface area contributed by atoms with Crippen LogP contribution in [0.3, 0.4) is 0 Å². The van der Waals surface area contributed by atoms with Crippen LogP contribution in [0, 0.1) is 13.8 Å². The number of hydrogen-bond donors (Lipinski definition) is 2. The van der Waals surface area contributed by atoms with Gasteiger partial charge in [-0.3, -0.25) is 19.8 Å². The maximum atomic E-state index is 13.4. The molecule has 2 amide bonds. The first-order valence-electron chi connectivity index (χ1n) is 8.98. The van der Waals surface area contributed by atoms with E-state index >= 15 is 0 Å². The Morgan fingerprint density at radius 1 is 0.724 bits per heavy atom. The zero-order valence-corrected chi connectivity index (χ0v) is 17.0. The summed E-state index contributed by atoms with van der Waals surface area (Å²) in [5, 5.41) is 4.73. The first-order valence-corrected chi connectivity index (χ1v) is 10.6. The van der Waals surface area contributed by atoms with Crippen molar-refractivity contribution in [3.05, 3.63) is 101 Å². The van der Waals surface area contributed by atoms with Crippen LogP contribution in [0.1, 0.15) is 31.8 Å². The first kappa shape index (κ1) is 20.4. The van der Waals surface area contributed by atoms with Gasteiger partial charge in [0.15, 0.2) is 0 Å². The first-order chi connectivity index (χ1) is 13.8. The molecule has 0 bridgehead atoms. The van der Waals surface area contributed by atoms with Gasteiger partial charge in [-0.05, 0) is 50.2 Å². The summed E-state index contributed by atoms with van der Waals surface area (Å²) in [6, 6.07) is 22.0. The van der Waals surface area contributed by atoms with Gasteiger partial charge in [0.1, 0.15) is 5.75 Å². The van der Waals surface area contributed by atoms with E-state index in [1.807, 2.05) is 26.0 Å². The minimum absolute atomic E-state index is 0.255. The summed E-state index contributed by atoms with van der Waals surface area (Å²) >= 11 is 0. The Labute approximate surface area is 169 Å². The van der Waals surface area contributed by atoms with E-state index < -0.39 is 19.5 Å². The van der Waals surface area contributed by atoms with Crippen LogP contribution in [0.5, 0.6) is 5.75 Å². The second-order valence-corrected chi connectivity index (χ2v) is 8.31. The Morgan fingerprint density at radius 2 is 1.21 bits per heavy atom. The van der Waals surface area contributed by atoms with E-state index in [-0.39, 0.29) is 5.75 Å². The number of hydrogen-bond acceptors (Lipinski definition) is 4. The van der Waals surface area contributed by atoms with Crippen LogP contribution in [0.4, 0.5) is 0 Å². The zero-order chi connectivity index (χ0) is 20.9. The average Bonchev–Trinajstić information content (AvgIpc) is 2.68. The third-order valence-corrected chi connectivity index (χ3v) is 5.50. The lowest BCUT2D eigenvalue weighted by Crippen LogP contribution is -2.34. The number of carbonyl (C=O) groups is 2. The Hall–Kier alpha value is -3.37. The number of para-hydroxylation sites is 1. The molecule has 6 nitrogen and oxygen atoms in total. The van der Waals surface area contributed by atoms with Gasteiger partial charge in [0, 0.05) is 11.1 Å². The fourth-order valence-electron chi connectivity index (χ4n) is 2.67. The summed E-state index contributed by atoms with van der Waals surface area (Å²) < 4.78 is 19.0. The van der Waals surface area contributed by atoms with Gasteiger partial charge in [0.2, 0.25) is 0 Å².